The Balaban J connectivity index is 1.59. The number of likely N-dealkylation sites (tertiary alicyclic amines) is 1. The van der Waals surface area contributed by atoms with E-state index in [9.17, 15) is 15.0 Å². The highest BCUT2D eigenvalue weighted by Crippen LogP contribution is 2.50. The van der Waals surface area contributed by atoms with Crippen LogP contribution >= 0.6 is 0 Å². The SMILES string of the molecule is CCOc1ccc(CN2C[C@@H]3c4ccccc4OC[C@]3(C(=O)O)C2)cc1CO. The van der Waals surface area contributed by atoms with E-state index in [0.29, 0.717) is 32.0 Å². The van der Waals surface area contributed by atoms with Gasteiger partial charge in [0.15, 0.2) is 0 Å². The molecule has 1 fully saturated rings. The Labute approximate surface area is 164 Å². The lowest BCUT2D eigenvalue weighted by atomic mass is 9.73. The van der Waals surface area contributed by atoms with Crippen molar-refractivity contribution in [3.05, 3.63) is 59.2 Å². The van der Waals surface area contributed by atoms with Gasteiger partial charge in [0.05, 0.1) is 13.2 Å². The van der Waals surface area contributed by atoms with Gasteiger partial charge in [-0.1, -0.05) is 24.3 Å². The van der Waals surface area contributed by atoms with E-state index in [-0.39, 0.29) is 19.1 Å². The number of carboxylic acids is 1. The average molecular weight is 383 g/mol. The van der Waals surface area contributed by atoms with Gasteiger partial charge in [-0.05, 0) is 36.2 Å². The summed E-state index contributed by atoms with van der Waals surface area (Å²) in [5, 5.41) is 19.7. The lowest BCUT2D eigenvalue weighted by Crippen LogP contribution is -2.45. The summed E-state index contributed by atoms with van der Waals surface area (Å²) in [6.07, 6.45) is 0. The minimum Gasteiger partial charge on any atom is -0.494 e. The quantitative estimate of drug-likeness (QED) is 0.798. The number of carboxylic acid groups (broad SMARTS) is 1. The number of fused-ring (bicyclic) bond motifs is 3. The van der Waals surface area contributed by atoms with E-state index in [0.717, 1.165) is 22.4 Å². The van der Waals surface area contributed by atoms with Gasteiger partial charge in [-0.2, -0.15) is 0 Å². The smallest absolute Gasteiger partial charge is 0.315 e. The van der Waals surface area contributed by atoms with Crippen molar-refractivity contribution in [2.24, 2.45) is 5.41 Å². The van der Waals surface area contributed by atoms with Crippen molar-refractivity contribution in [2.75, 3.05) is 26.3 Å². The van der Waals surface area contributed by atoms with Gasteiger partial charge >= 0.3 is 5.97 Å². The molecule has 0 aliphatic carbocycles. The van der Waals surface area contributed by atoms with E-state index in [1.165, 1.54) is 0 Å². The predicted octanol–water partition coefficient (Wildman–Crippen LogP) is 2.64. The maximum absolute atomic E-state index is 12.2. The molecule has 6 nitrogen and oxygen atoms in total. The predicted molar refractivity (Wildman–Crippen MR) is 104 cm³/mol. The molecule has 2 aliphatic rings. The van der Waals surface area contributed by atoms with Crippen molar-refractivity contribution in [3.63, 3.8) is 0 Å². The highest BCUT2D eigenvalue weighted by molar-refractivity contribution is 5.78. The number of para-hydroxylation sites is 1. The second-order valence-electron chi connectivity index (χ2n) is 7.54. The molecule has 0 spiro atoms. The average Bonchev–Trinajstić information content (AvgIpc) is 3.09. The fourth-order valence-corrected chi connectivity index (χ4v) is 4.46. The molecular weight excluding hydrogens is 358 g/mol. The maximum Gasteiger partial charge on any atom is 0.315 e. The zero-order chi connectivity index (χ0) is 19.7. The first-order valence-corrected chi connectivity index (χ1v) is 9.60. The number of ether oxygens (including phenoxy) is 2. The van der Waals surface area contributed by atoms with Crippen LogP contribution < -0.4 is 9.47 Å². The number of rotatable bonds is 6. The molecule has 6 heteroatoms. The highest BCUT2D eigenvalue weighted by Gasteiger charge is 2.56. The molecule has 2 aromatic carbocycles. The molecule has 0 bridgehead atoms. The summed E-state index contributed by atoms with van der Waals surface area (Å²) in [5.74, 6) is 0.565. The molecule has 2 atom stereocenters. The summed E-state index contributed by atoms with van der Waals surface area (Å²) < 4.78 is 11.4. The van der Waals surface area contributed by atoms with Crippen LogP contribution in [0.5, 0.6) is 11.5 Å². The molecule has 0 unspecified atom stereocenters. The van der Waals surface area contributed by atoms with Crippen LogP contribution in [0.25, 0.3) is 0 Å². The monoisotopic (exact) mass is 383 g/mol. The van der Waals surface area contributed by atoms with Crippen LogP contribution in [-0.4, -0.2) is 47.4 Å². The van der Waals surface area contributed by atoms with Crippen LogP contribution in [-0.2, 0) is 17.9 Å². The Kier molecular flexibility index (Phi) is 5.00. The van der Waals surface area contributed by atoms with E-state index in [4.69, 9.17) is 9.47 Å². The molecule has 148 valence electrons. The Hall–Kier alpha value is -2.57. The van der Waals surface area contributed by atoms with Gasteiger partial charge in [-0.3, -0.25) is 9.69 Å². The second kappa shape index (κ2) is 7.45. The number of aliphatic hydroxyl groups excluding tert-OH is 1. The summed E-state index contributed by atoms with van der Waals surface area (Å²) in [6, 6.07) is 13.5. The molecule has 2 N–H and O–H groups in total. The number of nitrogens with zero attached hydrogens (tertiary/aromatic N) is 1. The number of benzene rings is 2. The zero-order valence-electron chi connectivity index (χ0n) is 15.9. The van der Waals surface area contributed by atoms with Gasteiger partial charge in [0.1, 0.15) is 23.5 Å². The third-order valence-corrected chi connectivity index (χ3v) is 5.82. The summed E-state index contributed by atoms with van der Waals surface area (Å²) >= 11 is 0. The fraction of sp³-hybridized carbons (Fsp3) is 0.409. The first-order valence-electron chi connectivity index (χ1n) is 9.60. The summed E-state index contributed by atoms with van der Waals surface area (Å²) in [5.41, 5.74) is 1.82. The van der Waals surface area contributed by atoms with Crippen LogP contribution in [0.1, 0.15) is 29.5 Å². The molecular formula is C22H25NO5. The van der Waals surface area contributed by atoms with Gasteiger partial charge in [-0.15, -0.1) is 0 Å². The lowest BCUT2D eigenvalue weighted by molar-refractivity contribution is -0.151. The molecule has 0 radical (unpaired) electrons. The van der Waals surface area contributed by atoms with Crippen molar-refractivity contribution < 1.29 is 24.5 Å². The molecule has 2 heterocycles. The number of carbonyl (C=O) groups is 1. The Morgan fingerprint density at radius 1 is 1.32 bits per heavy atom. The van der Waals surface area contributed by atoms with Gasteiger partial charge in [-0.25, -0.2) is 0 Å². The van der Waals surface area contributed by atoms with Crippen LogP contribution in [0.3, 0.4) is 0 Å². The largest absolute Gasteiger partial charge is 0.494 e. The van der Waals surface area contributed by atoms with Gasteiger partial charge in [0, 0.05) is 31.1 Å². The van der Waals surface area contributed by atoms with E-state index >= 15 is 0 Å². The number of aliphatic hydroxyl groups is 1. The Morgan fingerprint density at radius 3 is 2.89 bits per heavy atom. The third kappa shape index (κ3) is 3.12. The molecule has 0 aromatic heterocycles. The van der Waals surface area contributed by atoms with E-state index < -0.39 is 11.4 Å². The fourth-order valence-electron chi connectivity index (χ4n) is 4.46. The Bertz CT molecular complexity index is 883. The van der Waals surface area contributed by atoms with E-state index in [1.54, 1.807) is 0 Å². The Morgan fingerprint density at radius 2 is 2.14 bits per heavy atom. The van der Waals surface area contributed by atoms with Crippen molar-refractivity contribution in [1.82, 2.24) is 4.90 Å². The number of hydrogen-bond donors (Lipinski definition) is 2. The van der Waals surface area contributed by atoms with Crippen molar-refractivity contribution >= 4 is 5.97 Å². The molecule has 2 aromatic rings. The van der Waals surface area contributed by atoms with Gasteiger partial charge in [0.25, 0.3) is 0 Å². The number of aliphatic carboxylic acids is 1. The first kappa shape index (κ1) is 18.8. The molecule has 1 saturated heterocycles. The highest BCUT2D eigenvalue weighted by atomic mass is 16.5. The number of hydrogen-bond acceptors (Lipinski definition) is 5. The third-order valence-electron chi connectivity index (χ3n) is 5.82. The summed E-state index contributed by atoms with van der Waals surface area (Å²) in [7, 11) is 0. The van der Waals surface area contributed by atoms with Crippen LogP contribution in [0.4, 0.5) is 0 Å². The minimum atomic E-state index is -0.931. The van der Waals surface area contributed by atoms with Gasteiger partial charge < -0.3 is 19.7 Å². The van der Waals surface area contributed by atoms with Crippen LogP contribution in [0.15, 0.2) is 42.5 Å². The molecule has 0 amide bonds. The van der Waals surface area contributed by atoms with Crippen LogP contribution in [0, 0.1) is 5.41 Å². The van der Waals surface area contributed by atoms with Crippen molar-refractivity contribution in [2.45, 2.75) is 26.0 Å². The van der Waals surface area contributed by atoms with Crippen molar-refractivity contribution in [1.29, 1.82) is 0 Å². The normalized spacial score (nSPS) is 23.6. The standard InChI is InChI=1S/C22H25NO5/c1-2-27-19-8-7-15(9-16(19)12-24)10-23-11-18-17-5-3-4-6-20(17)28-14-22(18,13-23)21(25)26/h3-9,18,24H,2,10-14H2,1H3,(H,25,26)/t18-,22-/m1/s1. The molecule has 2 aliphatic heterocycles. The molecule has 4 rings (SSSR count). The lowest BCUT2D eigenvalue weighted by Gasteiger charge is -2.35. The van der Waals surface area contributed by atoms with Crippen LogP contribution in [0.2, 0.25) is 0 Å². The van der Waals surface area contributed by atoms with Crippen molar-refractivity contribution in [3.8, 4) is 11.5 Å². The maximum atomic E-state index is 12.2. The van der Waals surface area contributed by atoms with Gasteiger partial charge in [0.2, 0.25) is 0 Å². The molecule has 0 saturated carbocycles. The topological polar surface area (TPSA) is 79.2 Å². The zero-order valence-corrected chi connectivity index (χ0v) is 15.9. The minimum absolute atomic E-state index is 0.0912. The summed E-state index contributed by atoms with van der Waals surface area (Å²) in [4.78, 5) is 14.4. The second-order valence-corrected chi connectivity index (χ2v) is 7.54. The molecule has 28 heavy (non-hydrogen) atoms. The first-order chi connectivity index (χ1) is 13.6. The van der Waals surface area contributed by atoms with E-state index in [2.05, 4.69) is 4.90 Å². The van der Waals surface area contributed by atoms with E-state index in [1.807, 2.05) is 49.4 Å². The summed E-state index contributed by atoms with van der Waals surface area (Å²) in [6.45, 7) is 4.26.